The van der Waals surface area contributed by atoms with Crippen molar-refractivity contribution < 1.29 is 23.1 Å². The van der Waals surface area contributed by atoms with Crippen LogP contribution in [0.25, 0.3) is 0 Å². The number of fused-ring (bicyclic) bond motifs is 1. The maximum atomic E-state index is 13.8. The van der Waals surface area contributed by atoms with E-state index in [1.54, 1.807) is 24.3 Å². The number of hydrogen-bond donors (Lipinski definition) is 1. The summed E-state index contributed by atoms with van der Waals surface area (Å²) in [6.45, 7) is 0.824. The highest BCUT2D eigenvalue weighted by Gasteiger charge is 2.36. The minimum atomic E-state index is -0.297. The van der Waals surface area contributed by atoms with Crippen LogP contribution in [0.5, 0.6) is 5.75 Å². The van der Waals surface area contributed by atoms with Crippen LogP contribution in [0, 0.1) is 11.7 Å². The lowest BCUT2D eigenvalue weighted by molar-refractivity contribution is -0.137. The van der Waals surface area contributed by atoms with Crippen LogP contribution in [0.3, 0.4) is 0 Å². The normalized spacial score (nSPS) is 19.5. The molecule has 6 rings (SSSR count). The summed E-state index contributed by atoms with van der Waals surface area (Å²) in [4.78, 5) is 27.8. The van der Waals surface area contributed by atoms with E-state index in [4.69, 9.17) is 9.15 Å². The molecule has 1 aromatic heterocycles. The van der Waals surface area contributed by atoms with Gasteiger partial charge in [0, 0.05) is 18.5 Å². The third-order valence-electron chi connectivity index (χ3n) is 7.70. The molecule has 37 heavy (non-hydrogen) atoms. The summed E-state index contributed by atoms with van der Waals surface area (Å²) in [6.07, 6.45) is 6.86. The molecule has 7 heteroatoms. The second-order valence-electron chi connectivity index (χ2n) is 10.4. The number of nitrogens with zero attached hydrogens (tertiary/aromatic N) is 1. The van der Waals surface area contributed by atoms with Crippen molar-refractivity contribution in [2.45, 2.75) is 63.6 Å². The van der Waals surface area contributed by atoms with Crippen molar-refractivity contribution in [3.8, 4) is 5.75 Å². The molecule has 2 fully saturated rings. The first-order chi connectivity index (χ1) is 18.0. The fourth-order valence-corrected chi connectivity index (χ4v) is 5.55. The third kappa shape index (κ3) is 5.13. The Morgan fingerprint density at radius 2 is 1.78 bits per heavy atom. The second kappa shape index (κ2) is 10.0. The zero-order chi connectivity index (χ0) is 25.4. The monoisotopic (exact) mass is 502 g/mol. The number of halogens is 1. The van der Waals surface area contributed by atoms with Crippen LogP contribution >= 0.6 is 0 Å². The number of hydrogen-bond acceptors (Lipinski definition) is 4. The van der Waals surface area contributed by atoms with Gasteiger partial charge in [-0.1, -0.05) is 31.0 Å². The van der Waals surface area contributed by atoms with Gasteiger partial charge in [0.15, 0.2) is 5.76 Å². The predicted octanol–water partition coefficient (Wildman–Crippen LogP) is 5.55. The summed E-state index contributed by atoms with van der Waals surface area (Å²) in [5.74, 6) is 1.26. The molecule has 2 aliphatic carbocycles. The minimum absolute atomic E-state index is 0.0641. The number of carbonyl (C=O) groups is 2. The van der Waals surface area contributed by atoms with Gasteiger partial charge in [0.05, 0.1) is 6.04 Å². The fourth-order valence-electron chi connectivity index (χ4n) is 5.55. The molecule has 2 amide bonds. The molecule has 1 aliphatic heterocycles. The van der Waals surface area contributed by atoms with Crippen LogP contribution in [0.4, 0.5) is 4.39 Å². The molecule has 0 radical (unpaired) electrons. The molecule has 0 unspecified atom stereocenters. The molecule has 1 atom stereocenters. The summed E-state index contributed by atoms with van der Waals surface area (Å²) in [5.41, 5.74) is 3.06. The average molecular weight is 503 g/mol. The number of furan rings is 1. The van der Waals surface area contributed by atoms with E-state index >= 15 is 0 Å². The Kier molecular flexibility index (Phi) is 6.45. The van der Waals surface area contributed by atoms with E-state index < -0.39 is 0 Å². The first kappa shape index (κ1) is 23.8. The van der Waals surface area contributed by atoms with Crippen LogP contribution in [0.2, 0.25) is 0 Å². The SMILES string of the molecule is O=C(NC1CC1)c1ccc(COc2ccc3c(c2)[C@@H](c2ccc(F)cc2)N(C(=O)C2CCCC2)CC3)o1. The summed E-state index contributed by atoms with van der Waals surface area (Å²) in [6, 6.07) is 15.8. The van der Waals surface area contributed by atoms with E-state index in [-0.39, 0.29) is 48.0 Å². The summed E-state index contributed by atoms with van der Waals surface area (Å²) in [5, 5.41) is 2.92. The van der Waals surface area contributed by atoms with E-state index in [1.165, 1.54) is 12.1 Å². The largest absolute Gasteiger partial charge is 0.486 e. The molecule has 192 valence electrons. The molecule has 0 bridgehead atoms. The van der Waals surface area contributed by atoms with Crippen LogP contribution in [0.15, 0.2) is 59.0 Å². The number of benzene rings is 2. The van der Waals surface area contributed by atoms with E-state index in [0.29, 0.717) is 18.1 Å². The Balaban J connectivity index is 1.24. The van der Waals surface area contributed by atoms with E-state index in [2.05, 4.69) is 11.4 Å². The van der Waals surface area contributed by atoms with Gasteiger partial charge in [-0.3, -0.25) is 9.59 Å². The smallest absolute Gasteiger partial charge is 0.287 e. The Morgan fingerprint density at radius 1 is 1.00 bits per heavy atom. The van der Waals surface area contributed by atoms with Crippen LogP contribution in [-0.2, 0) is 17.8 Å². The van der Waals surface area contributed by atoms with Crippen molar-refractivity contribution >= 4 is 11.8 Å². The molecular weight excluding hydrogens is 471 g/mol. The Hall–Kier alpha value is -3.61. The quantitative estimate of drug-likeness (QED) is 0.460. The van der Waals surface area contributed by atoms with Crippen molar-refractivity contribution in [1.29, 1.82) is 0 Å². The van der Waals surface area contributed by atoms with Gasteiger partial charge in [0.2, 0.25) is 5.91 Å². The van der Waals surface area contributed by atoms with E-state index in [1.807, 2.05) is 17.0 Å². The lowest BCUT2D eigenvalue weighted by atomic mass is 9.87. The number of ether oxygens (including phenoxy) is 1. The zero-order valence-corrected chi connectivity index (χ0v) is 20.8. The summed E-state index contributed by atoms with van der Waals surface area (Å²) in [7, 11) is 0. The first-order valence-electron chi connectivity index (χ1n) is 13.3. The van der Waals surface area contributed by atoms with Crippen LogP contribution in [-0.4, -0.2) is 29.3 Å². The zero-order valence-electron chi connectivity index (χ0n) is 20.8. The van der Waals surface area contributed by atoms with Crippen molar-refractivity contribution in [3.63, 3.8) is 0 Å². The average Bonchev–Trinajstić information content (AvgIpc) is 3.35. The van der Waals surface area contributed by atoms with Crippen LogP contribution < -0.4 is 10.1 Å². The number of nitrogens with one attached hydrogen (secondary N) is 1. The van der Waals surface area contributed by atoms with E-state index in [9.17, 15) is 14.0 Å². The van der Waals surface area contributed by atoms with Gasteiger partial charge < -0.3 is 19.4 Å². The van der Waals surface area contributed by atoms with Gasteiger partial charge in [0.1, 0.15) is 23.9 Å². The van der Waals surface area contributed by atoms with Gasteiger partial charge in [0.25, 0.3) is 5.91 Å². The second-order valence-corrected chi connectivity index (χ2v) is 10.4. The molecule has 3 aromatic rings. The maximum Gasteiger partial charge on any atom is 0.287 e. The van der Waals surface area contributed by atoms with Gasteiger partial charge in [-0.2, -0.15) is 0 Å². The molecule has 0 saturated heterocycles. The van der Waals surface area contributed by atoms with Crippen molar-refractivity contribution in [1.82, 2.24) is 10.2 Å². The van der Waals surface area contributed by atoms with Crippen LogP contribution in [0.1, 0.15) is 77.6 Å². The standard InChI is InChI=1S/C30H31FN2O4/c31-22-8-5-20(6-9-22)28-26-17-24(36-18-25-13-14-27(37-25)29(34)32-23-10-11-23)12-7-19(26)15-16-33(28)30(35)21-3-1-2-4-21/h5-9,12-14,17,21,23,28H,1-4,10-11,15-16,18H2,(H,32,34)/t28-/m1/s1. The number of carbonyl (C=O) groups excluding carboxylic acids is 2. The third-order valence-corrected chi connectivity index (χ3v) is 7.70. The molecule has 2 heterocycles. The van der Waals surface area contributed by atoms with Gasteiger partial charge in [-0.25, -0.2) is 4.39 Å². The Labute approximate surface area is 215 Å². The van der Waals surface area contributed by atoms with E-state index in [0.717, 1.165) is 61.6 Å². The topological polar surface area (TPSA) is 71.8 Å². The maximum absolute atomic E-state index is 13.8. The summed E-state index contributed by atoms with van der Waals surface area (Å²) < 4.78 is 25.5. The van der Waals surface area contributed by atoms with Gasteiger partial charge >= 0.3 is 0 Å². The lowest BCUT2D eigenvalue weighted by Gasteiger charge is -2.39. The van der Waals surface area contributed by atoms with Crippen molar-refractivity contribution in [2.75, 3.05) is 6.54 Å². The lowest BCUT2D eigenvalue weighted by Crippen LogP contribution is -2.43. The predicted molar refractivity (Wildman–Crippen MR) is 136 cm³/mol. The van der Waals surface area contributed by atoms with Gasteiger partial charge in [-0.15, -0.1) is 0 Å². The molecule has 6 nitrogen and oxygen atoms in total. The number of amides is 2. The molecule has 2 saturated carbocycles. The fraction of sp³-hybridized carbons (Fsp3) is 0.400. The highest BCUT2D eigenvalue weighted by atomic mass is 19.1. The Morgan fingerprint density at radius 3 is 2.54 bits per heavy atom. The van der Waals surface area contributed by atoms with Crippen molar-refractivity contribution in [3.05, 3.63) is 88.6 Å². The molecule has 0 spiro atoms. The highest BCUT2D eigenvalue weighted by Crippen LogP contribution is 2.40. The molecule has 3 aliphatic rings. The van der Waals surface area contributed by atoms with Gasteiger partial charge in [-0.05, 0) is 85.2 Å². The molecular formula is C30H31FN2O4. The number of rotatable bonds is 7. The molecule has 2 aromatic carbocycles. The first-order valence-corrected chi connectivity index (χ1v) is 13.3. The molecule has 1 N–H and O–H groups in total. The highest BCUT2D eigenvalue weighted by molar-refractivity contribution is 5.91. The summed E-state index contributed by atoms with van der Waals surface area (Å²) >= 11 is 0. The van der Waals surface area contributed by atoms with Crippen molar-refractivity contribution in [2.24, 2.45) is 5.92 Å². The minimum Gasteiger partial charge on any atom is -0.486 e. The Bertz CT molecular complexity index is 1290.